The lowest BCUT2D eigenvalue weighted by atomic mass is 10.2. The normalized spacial score (nSPS) is 13.2. The first-order chi connectivity index (χ1) is 9.19. The minimum absolute atomic E-state index is 0.515. The third-order valence-electron chi connectivity index (χ3n) is 3.14. The van der Waals surface area contributed by atoms with Crippen LogP contribution in [0.5, 0.6) is 0 Å². The number of nitrogens with zero attached hydrogens (tertiary/aromatic N) is 4. The number of fused-ring (bicyclic) bond motifs is 3. The Hall–Kier alpha value is -1.62. The highest BCUT2D eigenvalue weighted by Gasteiger charge is 2.13. The van der Waals surface area contributed by atoms with Gasteiger partial charge in [-0.15, -0.1) is 5.10 Å². The lowest BCUT2D eigenvalue weighted by molar-refractivity contribution is 0.787. The van der Waals surface area contributed by atoms with Gasteiger partial charge < -0.3 is 0 Å². The molecule has 2 heterocycles. The van der Waals surface area contributed by atoms with Gasteiger partial charge in [-0.2, -0.15) is 4.52 Å². The van der Waals surface area contributed by atoms with Crippen LogP contribution >= 0.6 is 11.8 Å². The van der Waals surface area contributed by atoms with Gasteiger partial charge in [0.25, 0.3) is 0 Å². The lowest BCUT2D eigenvalue weighted by Gasteiger charge is -2.09. The molecular weight excluding hydrogens is 256 g/mol. The van der Waals surface area contributed by atoms with E-state index in [1.807, 2.05) is 35.7 Å². The molecule has 2 aromatic heterocycles. The molecule has 0 spiro atoms. The van der Waals surface area contributed by atoms with E-state index in [1.165, 1.54) is 0 Å². The Morgan fingerprint density at radius 2 is 2.05 bits per heavy atom. The van der Waals surface area contributed by atoms with E-state index in [0.29, 0.717) is 5.25 Å². The lowest BCUT2D eigenvalue weighted by Crippen LogP contribution is -2.02. The molecule has 0 bridgehead atoms. The van der Waals surface area contributed by atoms with Crippen LogP contribution in [-0.4, -0.2) is 24.8 Å². The summed E-state index contributed by atoms with van der Waals surface area (Å²) in [5, 5.41) is 6.96. The third-order valence-corrected chi connectivity index (χ3v) is 4.35. The molecule has 1 unspecified atom stereocenters. The largest absolute Gasteiger partial charge is 0.222 e. The number of benzene rings is 1. The summed E-state index contributed by atoms with van der Waals surface area (Å²) in [4.78, 5) is 9.26. The average Bonchev–Trinajstić information content (AvgIpc) is 2.81. The van der Waals surface area contributed by atoms with Crippen LogP contribution in [0.3, 0.4) is 0 Å². The fourth-order valence-electron chi connectivity index (χ4n) is 1.97. The maximum Gasteiger partial charge on any atom is 0.191 e. The summed E-state index contributed by atoms with van der Waals surface area (Å²) in [5.41, 5.74) is 1.88. The Labute approximate surface area is 116 Å². The summed E-state index contributed by atoms with van der Waals surface area (Å²) in [6.07, 6.45) is 1.11. The van der Waals surface area contributed by atoms with Gasteiger partial charge in [0.1, 0.15) is 5.82 Å². The standard InChI is InChI=1S/C14H16N4S/c1-4-9(2)19-14-16-12-8-6-5-7-11(12)13-15-10(3)17-18(13)14/h5-9H,4H2,1-3H3. The summed E-state index contributed by atoms with van der Waals surface area (Å²) < 4.78 is 1.87. The van der Waals surface area contributed by atoms with Crippen molar-refractivity contribution >= 4 is 28.3 Å². The quantitative estimate of drug-likeness (QED) is 0.541. The van der Waals surface area contributed by atoms with Crippen LogP contribution in [0.4, 0.5) is 0 Å². The van der Waals surface area contributed by atoms with Crippen molar-refractivity contribution < 1.29 is 0 Å². The smallest absolute Gasteiger partial charge is 0.191 e. The van der Waals surface area contributed by atoms with Crippen LogP contribution in [0.25, 0.3) is 16.6 Å². The van der Waals surface area contributed by atoms with E-state index < -0.39 is 0 Å². The Kier molecular flexibility index (Phi) is 3.14. The van der Waals surface area contributed by atoms with Crippen molar-refractivity contribution in [2.45, 2.75) is 37.6 Å². The zero-order valence-electron chi connectivity index (χ0n) is 11.3. The molecule has 5 heteroatoms. The van der Waals surface area contributed by atoms with E-state index in [-0.39, 0.29) is 0 Å². The Morgan fingerprint density at radius 1 is 1.26 bits per heavy atom. The van der Waals surface area contributed by atoms with Gasteiger partial charge in [0.2, 0.25) is 0 Å². The minimum atomic E-state index is 0.515. The number of rotatable bonds is 3. The highest BCUT2D eigenvalue weighted by atomic mass is 32.2. The number of aryl methyl sites for hydroxylation is 1. The number of hydrogen-bond acceptors (Lipinski definition) is 4. The van der Waals surface area contributed by atoms with Crippen molar-refractivity contribution in [1.82, 2.24) is 19.6 Å². The first kappa shape index (κ1) is 12.4. The maximum absolute atomic E-state index is 4.73. The van der Waals surface area contributed by atoms with Crippen molar-refractivity contribution in [2.75, 3.05) is 0 Å². The van der Waals surface area contributed by atoms with Gasteiger partial charge in [0.05, 0.1) is 5.52 Å². The van der Waals surface area contributed by atoms with Gasteiger partial charge in [-0.1, -0.05) is 37.7 Å². The van der Waals surface area contributed by atoms with E-state index in [1.54, 1.807) is 11.8 Å². The first-order valence-electron chi connectivity index (χ1n) is 6.48. The Bertz CT molecular complexity index is 735. The predicted octanol–water partition coefficient (Wildman–Crippen LogP) is 3.48. The van der Waals surface area contributed by atoms with Crippen molar-refractivity contribution in [3.05, 3.63) is 30.1 Å². The Balaban J connectivity index is 2.29. The third kappa shape index (κ3) is 2.18. The first-order valence-corrected chi connectivity index (χ1v) is 7.35. The average molecular weight is 272 g/mol. The molecule has 0 fully saturated rings. The summed E-state index contributed by atoms with van der Waals surface area (Å²) in [7, 11) is 0. The predicted molar refractivity (Wildman–Crippen MR) is 78.6 cm³/mol. The zero-order valence-corrected chi connectivity index (χ0v) is 12.1. The van der Waals surface area contributed by atoms with Gasteiger partial charge in [-0.05, 0) is 25.5 Å². The maximum atomic E-state index is 4.73. The van der Waals surface area contributed by atoms with Crippen molar-refractivity contribution in [2.24, 2.45) is 0 Å². The molecule has 0 N–H and O–H groups in total. The van der Waals surface area contributed by atoms with Crippen LogP contribution in [0, 0.1) is 6.92 Å². The molecule has 3 rings (SSSR count). The molecule has 0 radical (unpaired) electrons. The number of para-hydroxylation sites is 1. The fourth-order valence-corrected chi connectivity index (χ4v) is 2.88. The second-order valence-corrected chi connectivity index (χ2v) is 6.05. The summed E-state index contributed by atoms with van der Waals surface area (Å²) in [6, 6.07) is 8.09. The monoisotopic (exact) mass is 272 g/mol. The molecule has 1 atom stereocenters. The zero-order chi connectivity index (χ0) is 13.4. The molecule has 4 nitrogen and oxygen atoms in total. The van der Waals surface area contributed by atoms with E-state index in [4.69, 9.17) is 4.98 Å². The SMILES string of the molecule is CCC(C)Sc1nc2ccccc2c2nc(C)nn12. The highest BCUT2D eigenvalue weighted by Crippen LogP contribution is 2.27. The second kappa shape index (κ2) is 4.81. The summed E-state index contributed by atoms with van der Waals surface area (Å²) >= 11 is 1.75. The molecule has 0 aliphatic carbocycles. The molecule has 0 saturated carbocycles. The van der Waals surface area contributed by atoms with Crippen molar-refractivity contribution in [1.29, 1.82) is 0 Å². The molecule has 0 amide bonds. The number of hydrogen-bond donors (Lipinski definition) is 0. The van der Waals surface area contributed by atoms with Gasteiger partial charge in [-0.25, -0.2) is 9.97 Å². The molecule has 1 aromatic carbocycles. The van der Waals surface area contributed by atoms with Gasteiger partial charge in [-0.3, -0.25) is 0 Å². The molecule has 0 aliphatic heterocycles. The van der Waals surface area contributed by atoms with E-state index >= 15 is 0 Å². The number of thioether (sulfide) groups is 1. The van der Waals surface area contributed by atoms with Crippen LogP contribution < -0.4 is 0 Å². The van der Waals surface area contributed by atoms with E-state index in [0.717, 1.165) is 34.0 Å². The molecular formula is C14H16N4S. The fraction of sp³-hybridized carbons (Fsp3) is 0.357. The molecule has 0 aliphatic rings. The van der Waals surface area contributed by atoms with Gasteiger partial charge in [0, 0.05) is 10.6 Å². The molecule has 3 aromatic rings. The van der Waals surface area contributed by atoms with Crippen molar-refractivity contribution in [3.8, 4) is 0 Å². The van der Waals surface area contributed by atoms with Crippen LogP contribution in [0.2, 0.25) is 0 Å². The second-order valence-electron chi connectivity index (χ2n) is 4.64. The minimum Gasteiger partial charge on any atom is -0.222 e. The van der Waals surface area contributed by atoms with E-state index in [9.17, 15) is 0 Å². The topological polar surface area (TPSA) is 43.1 Å². The van der Waals surface area contributed by atoms with Crippen molar-refractivity contribution in [3.63, 3.8) is 0 Å². The molecule has 0 saturated heterocycles. The van der Waals surface area contributed by atoms with Crippen LogP contribution in [0.1, 0.15) is 26.1 Å². The van der Waals surface area contributed by atoms with Gasteiger partial charge in [0.15, 0.2) is 10.8 Å². The number of aromatic nitrogens is 4. The summed E-state index contributed by atoms with van der Waals surface area (Å²) in [5.74, 6) is 0.782. The summed E-state index contributed by atoms with van der Waals surface area (Å²) in [6.45, 7) is 6.30. The molecule has 19 heavy (non-hydrogen) atoms. The Morgan fingerprint density at radius 3 is 2.84 bits per heavy atom. The van der Waals surface area contributed by atoms with E-state index in [2.05, 4.69) is 23.9 Å². The van der Waals surface area contributed by atoms with Crippen LogP contribution in [0.15, 0.2) is 29.4 Å². The van der Waals surface area contributed by atoms with Crippen LogP contribution in [-0.2, 0) is 0 Å². The van der Waals surface area contributed by atoms with Gasteiger partial charge >= 0.3 is 0 Å². The molecule has 98 valence electrons. The highest BCUT2D eigenvalue weighted by molar-refractivity contribution is 7.99.